The van der Waals surface area contributed by atoms with Crippen molar-refractivity contribution in [2.24, 2.45) is 5.92 Å². The highest BCUT2D eigenvalue weighted by Gasteiger charge is 2.25. The average Bonchev–Trinajstić information content (AvgIpc) is 2.84. The molecular formula is C27H43N3O8. The minimum atomic E-state index is -0.845. The fourth-order valence-electron chi connectivity index (χ4n) is 2.58. The van der Waals surface area contributed by atoms with Gasteiger partial charge in [-0.05, 0) is 51.8 Å². The van der Waals surface area contributed by atoms with Gasteiger partial charge in [-0.15, -0.1) is 0 Å². The van der Waals surface area contributed by atoms with Crippen LogP contribution in [0.3, 0.4) is 0 Å². The molecule has 0 bridgehead atoms. The fraction of sp³-hybridized carbons (Fsp3) is 0.556. The van der Waals surface area contributed by atoms with E-state index in [2.05, 4.69) is 27.6 Å². The number of amides is 3. The van der Waals surface area contributed by atoms with Crippen LogP contribution in [0.15, 0.2) is 36.4 Å². The van der Waals surface area contributed by atoms with Crippen molar-refractivity contribution in [3.05, 3.63) is 42.0 Å². The van der Waals surface area contributed by atoms with Crippen LogP contribution in [-0.4, -0.2) is 76.0 Å². The number of esters is 1. The van der Waals surface area contributed by atoms with Gasteiger partial charge in [0.15, 0.2) is 0 Å². The van der Waals surface area contributed by atoms with E-state index in [4.69, 9.17) is 14.2 Å². The molecule has 0 fully saturated rings. The predicted molar refractivity (Wildman–Crippen MR) is 144 cm³/mol. The van der Waals surface area contributed by atoms with Crippen molar-refractivity contribution < 1.29 is 38.1 Å². The Morgan fingerprint density at radius 3 is 2.05 bits per heavy atom. The maximum absolute atomic E-state index is 12.0. The summed E-state index contributed by atoms with van der Waals surface area (Å²) in [5, 5.41) is 7.18. The van der Waals surface area contributed by atoms with Gasteiger partial charge in [-0.25, -0.2) is 4.79 Å². The number of rotatable bonds is 12. The predicted octanol–water partition coefficient (Wildman–Crippen LogP) is 2.52. The topological polar surface area (TPSA) is 141 Å². The van der Waals surface area contributed by atoms with E-state index in [1.807, 2.05) is 36.4 Å². The number of hydrogen-bond acceptors (Lipinski definition) is 8. The lowest BCUT2D eigenvalue weighted by Gasteiger charge is -2.22. The van der Waals surface area contributed by atoms with Crippen molar-refractivity contribution >= 4 is 23.9 Å². The van der Waals surface area contributed by atoms with Crippen LogP contribution in [0.5, 0.6) is 5.75 Å². The lowest BCUT2D eigenvalue weighted by atomic mass is 10.0. The molecule has 1 rings (SSSR count). The molecular weight excluding hydrogens is 494 g/mol. The third-order valence-electron chi connectivity index (χ3n) is 4.49. The molecule has 1 aromatic rings. The molecule has 0 spiro atoms. The lowest BCUT2D eigenvalue weighted by molar-refractivity contribution is -0.141. The molecule has 0 aromatic heterocycles. The van der Waals surface area contributed by atoms with Gasteiger partial charge in [-0.3, -0.25) is 14.4 Å². The fourth-order valence-corrected chi connectivity index (χ4v) is 2.58. The first kappa shape index (κ1) is 34.4. The minimum absolute atomic E-state index is 0.215. The second-order valence-electron chi connectivity index (χ2n) is 9.49. The van der Waals surface area contributed by atoms with Gasteiger partial charge >= 0.3 is 12.1 Å². The third-order valence-corrected chi connectivity index (χ3v) is 4.49. The first-order valence-electron chi connectivity index (χ1n) is 12.2. The van der Waals surface area contributed by atoms with E-state index < -0.39 is 35.5 Å². The molecule has 0 saturated carbocycles. The second-order valence-corrected chi connectivity index (χ2v) is 9.49. The number of benzene rings is 1. The Bertz CT molecular complexity index is 893. The maximum Gasteiger partial charge on any atom is 0.408 e. The van der Waals surface area contributed by atoms with Gasteiger partial charge in [-0.2, -0.15) is 0 Å². The Morgan fingerprint density at radius 1 is 0.921 bits per heavy atom. The van der Waals surface area contributed by atoms with Crippen molar-refractivity contribution in [3.8, 4) is 5.75 Å². The van der Waals surface area contributed by atoms with Gasteiger partial charge in [0, 0.05) is 7.11 Å². The highest BCUT2D eigenvalue weighted by Crippen LogP contribution is 2.11. The van der Waals surface area contributed by atoms with Crippen LogP contribution in [0, 0.1) is 12.8 Å². The van der Waals surface area contributed by atoms with E-state index in [9.17, 15) is 19.2 Å². The van der Waals surface area contributed by atoms with Crippen molar-refractivity contribution in [1.82, 2.24) is 16.0 Å². The van der Waals surface area contributed by atoms with Crippen LogP contribution < -0.4 is 20.7 Å². The summed E-state index contributed by atoms with van der Waals surface area (Å²) in [7, 11) is 2.88. The second kappa shape index (κ2) is 18.6. The smallest absolute Gasteiger partial charge is 0.408 e. The summed E-state index contributed by atoms with van der Waals surface area (Å²) < 4.78 is 19.8. The summed E-state index contributed by atoms with van der Waals surface area (Å²) in [6.07, 6.45) is 3.16. The minimum Gasteiger partial charge on any atom is -0.490 e. The molecule has 11 heteroatoms. The van der Waals surface area contributed by atoms with E-state index in [-0.39, 0.29) is 19.0 Å². The summed E-state index contributed by atoms with van der Waals surface area (Å²) in [5.74, 6) is -0.969. The summed E-state index contributed by atoms with van der Waals surface area (Å²) >= 11 is 0. The van der Waals surface area contributed by atoms with Crippen molar-refractivity contribution in [3.63, 3.8) is 0 Å². The summed E-state index contributed by atoms with van der Waals surface area (Å²) in [6.45, 7) is 11.3. The Morgan fingerprint density at radius 2 is 1.53 bits per heavy atom. The van der Waals surface area contributed by atoms with Gasteiger partial charge in [-0.1, -0.05) is 37.6 Å². The largest absolute Gasteiger partial charge is 0.490 e. The number of ether oxygens (including phenoxy) is 4. The molecule has 0 radical (unpaired) electrons. The molecule has 1 unspecified atom stereocenters. The quantitative estimate of drug-likeness (QED) is 0.273. The molecule has 0 aliphatic carbocycles. The summed E-state index contributed by atoms with van der Waals surface area (Å²) in [4.78, 5) is 46.4. The summed E-state index contributed by atoms with van der Waals surface area (Å²) in [5.41, 5.74) is 0.571. The zero-order chi connectivity index (χ0) is 29.1. The van der Waals surface area contributed by atoms with Crippen molar-refractivity contribution in [2.75, 3.05) is 40.5 Å². The first-order chi connectivity index (χ1) is 17.8. The lowest BCUT2D eigenvalue weighted by Crippen LogP contribution is -2.52. The van der Waals surface area contributed by atoms with E-state index in [0.717, 1.165) is 5.75 Å². The van der Waals surface area contributed by atoms with E-state index in [0.29, 0.717) is 13.2 Å². The Kier molecular flexibility index (Phi) is 16.9. The average molecular weight is 538 g/mol. The molecule has 0 aliphatic heterocycles. The van der Waals surface area contributed by atoms with Gasteiger partial charge in [0.2, 0.25) is 11.8 Å². The van der Waals surface area contributed by atoms with Gasteiger partial charge < -0.3 is 34.9 Å². The molecule has 3 N–H and O–H groups in total. The molecule has 214 valence electrons. The number of hydrogen-bond donors (Lipinski definition) is 3. The molecule has 11 nitrogen and oxygen atoms in total. The molecule has 1 aromatic carbocycles. The zero-order valence-electron chi connectivity index (χ0n) is 23.7. The van der Waals surface area contributed by atoms with E-state index in [1.165, 1.54) is 12.7 Å². The number of alkyl carbamates (subject to hydrolysis) is 1. The van der Waals surface area contributed by atoms with Crippen LogP contribution in [0.25, 0.3) is 0 Å². The van der Waals surface area contributed by atoms with E-state index in [1.54, 1.807) is 41.7 Å². The molecule has 0 aliphatic rings. The molecule has 0 saturated heterocycles. The van der Waals surface area contributed by atoms with Crippen molar-refractivity contribution in [2.45, 2.75) is 53.2 Å². The Balaban J connectivity index is 0.000000824. The molecule has 0 heterocycles. The third kappa shape index (κ3) is 17.8. The van der Waals surface area contributed by atoms with E-state index >= 15 is 0 Å². The standard InChI is InChI=1S/C15H27N3O6.C12H16O2/c1-9(2)12(13(21)16-8-11(20)23-6)18-10(19)7-17-14(22)24-15(3,4)5;1-11-5-7-12(8-6-11)14-10-4-3-9-13-2/h9,12H,7-8H2,1-6H3,(H,16,21)(H,17,22)(H,18,19);3-8H,9-10H2,1-2H3/b;4-3+. The SMILES string of the molecule is COC(=O)CNC(=O)C(NC(=O)CNC(=O)OC(C)(C)C)C(C)C.COC/C=C/COc1ccc(C)cc1. The van der Waals surface area contributed by atoms with Crippen molar-refractivity contribution in [1.29, 1.82) is 0 Å². The Hall–Kier alpha value is -3.60. The number of aryl methyl sites for hydroxylation is 1. The summed E-state index contributed by atoms with van der Waals surface area (Å²) in [6, 6.07) is 7.17. The van der Waals surface area contributed by atoms with Crippen LogP contribution in [0.4, 0.5) is 4.79 Å². The normalized spacial score (nSPS) is 11.6. The number of carbonyl (C=O) groups excluding carboxylic acids is 4. The van der Waals surface area contributed by atoms with Crippen LogP contribution in [0.2, 0.25) is 0 Å². The van der Waals surface area contributed by atoms with Crippen LogP contribution >= 0.6 is 0 Å². The highest BCUT2D eigenvalue weighted by atomic mass is 16.6. The van der Waals surface area contributed by atoms with Gasteiger partial charge in [0.1, 0.15) is 37.1 Å². The first-order valence-corrected chi connectivity index (χ1v) is 12.2. The number of methoxy groups -OCH3 is 2. The number of carbonyl (C=O) groups is 4. The maximum atomic E-state index is 12.0. The molecule has 38 heavy (non-hydrogen) atoms. The van der Waals surface area contributed by atoms with Crippen LogP contribution in [0.1, 0.15) is 40.2 Å². The molecule has 3 amide bonds. The Labute approximate surface area is 225 Å². The van der Waals surface area contributed by atoms with Gasteiger partial charge in [0.25, 0.3) is 0 Å². The zero-order valence-corrected chi connectivity index (χ0v) is 23.7. The molecule has 1 atom stereocenters. The van der Waals surface area contributed by atoms with Gasteiger partial charge in [0.05, 0.1) is 13.7 Å². The number of nitrogens with one attached hydrogen (secondary N) is 3. The monoisotopic (exact) mass is 537 g/mol. The highest BCUT2D eigenvalue weighted by molar-refractivity contribution is 5.91. The van der Waals surface area contributed by atoms with Crippen LogP contribution in [-0.2, 0) is 28.6 Å².